The minimum absolute atomic E-state index is 0.0217. The maximum absolute atomic E-state index is 13.5. The van der Waals surface area contributed by atoms with Gasteiger partial charge in [0.15, 0.2) is 0 Å². The highest BCUT2D eigenvalue weighted by Gasteiger charge is 2.55. The SMILES string of the molecule is O=CN(O)C[C@@H](CC1CCCC1)C(=O)N1CC2(CC2)C[C@H]1C(=O)NC1=NCC=C1. The summed E-state index contributed by atoms with van der Waals surface area (Å²) < 4.78 is 0. The van der Waals surface area contributed by atoms with E-state index in [-0.39, 0.29) is 23.8 Å². The van der Waals surface area contributed by atoms with Gasteiger partial charge in [-0.3, -0.25) is 24.6 Å². The van der Waals surface area contributed by atoms with Crippen molar-refractivity contribution in [2.75, 3.05) is 19.6 Å². The largest absolute Gasteiger partial charge is 0.330 e. The molecule has 0 aromatic carbocycles. The molecule has 0 aromatic heterocycles. The van der Waals surface area contributed by atoms with Crippen LogP contribution >= 0.6 is 0 Å². The highest BCUT2D eigenvalue weighted by molar-refractivity contribution is 6.07. The Kier molecular flexibility index (Phi) is 5.72. The van der Waals surface area contributed by atoms with Crippen LogP contribution in [0.2, 0.25) is 0 Å². The molecule has 0 unspecified atom stereocenters. The number of nitrogens with one attached hydrogen (secondary N) is 1. The molecule has 3 amide bonds. The lowest BCUT2D eigenvalue weighted by Crippen LogP contribution is -2.50. The topological polar surface area (TPSA) is 102 Å². The molecule has 2 atom stereocenters. The van der Waals surface area contributed by atoms with Crippen LogP contribution in [0.25, 0.3) is 0 Å². The number of hydrogen-bond acceptors (Lipinski definition) is 5. The highest BCUT2D eigenvalue weighted by Crippen LogP contribution is 2.55. The molecule has 1 spiro atoms. The zero-order chi connectivity index (χ0) is 20.4. The lowest BCUT2D eigenvalue weighted by Gasteiger charge is -2.30. The first-order valence-corrected chi connectivity index (χ1v) is 10.7. The number of nitrogens with zero attached hydrogens (tertiary/aromatic N) is 3. The number of carbonyl (C=O) groups is 3. The Morgan fingerprint density at radius 1 is 1.38 bits per heavy atom. The molecule has 0 aromatic rings. The van der Waals surface area contributed by atoms with Gasteiger partial charge in [0.05, 0.1) is 19.0 Å². The molecule has 158 valence electrons. The van der Waals surface area contributed by atoms with Crippen molar-refractivity contribution < 1.29 is 19.6 Å². The number of hydrogen-bond donors (Lipinski definition) is 2. The summed E-state index contributed by atoms with van der Waals surface area (Å²) in [6, 6.07) is -0.517. The summed E-state index contributed by atoms with van der Waals surface area (Å²) in [5.41, 5.74) is 0.0620. The van der Waals surface area contributed by atoms with Crippen LogP contribution in [0.5, 0.6) is 0 Å². The average Bonchev–Trinajstić information content (AvgIpc) is 3.13. The molecule has 2 aliphatic heterocycles. The third kappa shape index (κ3) is 4.52. The molecule has 4 aliphatic rings. The number of aliphatic imine (C=N–C) groups is 1. The molecule has 2 heterocycles. The van der Waals surface area contributed by atoms with Gasteiger partial charge in [0.1, 0.15) is 11.9 Å². The van der Waals surface area contributed by atoms with Gasteiger partial charge in [0.2, 0.25) is 18.2 Å². The van der Waals surface area contributed by atoms with Crippen molar-refractivity contribution in [2.45, 2.75) is 57.4 Å². The summed E-state index contributed by atoms with van der Waals surface area (Å²) in [5, 5.41) is 13.2. The molecule has 3 fully saturated rings. The van der Waals surface area contributed by atoms with Crippen molar-refractivity contribution in [1.29, 1.82) is 0 Å². The van der Waals surface area contributed by atoms with Crippen molar-refractivity contribution >= 4 is 24.1 Å². The first-order chi connectivity index (χ1) is 14.0. The van der Waals surface area contributed by atoms with Gasteiger partial charge in [0.25, 0.3) is 0 Å². The number of amidine groups is 1. The van der Waals surface area contributed by atoms with Gasteiger partial charge in [0, 0.05) is 6.54 Å². The summed E-state index contributed by atoms with van der Waals surface area (Å²) in [6.07, 6.45) is 11.9. The predicted octanol–water partition coefficient (Wildman–Crippen LogP) is 1.50. The Balaban J connectivity index is 1.49. The van der Waals surface area contributed by atoms with Gasteiger partial charge in [-0.1, -0.05) is 31.8 Å². The molecule has 2 N–H and O–H groups in total. The third-order valence-corrected chi connectivity index (χ3v) is 6.92. The Bertz CT molecular complexity index is 724. The molecule has 2 saturated carbocycles. The smallest absolute Gasteiger partial charge is 0.248 e. The van der Waals surface area contributed by atoms with Crippen LogP contribution in [-0.4, -0.2) is 64.9 Å². The van der Waals surface area contributed by atoms with E-state index < -0.39 is 12.0 Å². The Morgan fingerprint density at radius 3 is 2.76 bits per heavy atom. The maximum Gasteiger partial charge on any atom is 0.248 e. The summed E-state index contributed by atoms with van der Waals surface area (Å²) in [6.45, 7) is 1.13. The molecule has 1 saturated heterocycles. The van der Waals surface area contributed by atoms with Crippen LogP contribution in [0.1, 0.15) is 51.4 Å². The van der Waals surface area contributed by atoms with E-state index >= 15 is 0 Å². The van der Waals surface area contributed by atoms with E-state index in [1.165, 1.54) is 0 Å². The van der Waals surface area contributed by atoms with Gasteiger partial charge in [-0.25, -0.2) is 5.06 Å². The second-order valence-corrected chi connectivity index (χ2v) is 9.11. The molecule has 0 bridgehead atoms. The van der Waals surface area contributed by atoms with E-state index in [9.17, 15) is 19.6 Å². The summed E-state index contributed by atoms with van der Waals surface area (Å²) in [5.74, 6) is 0.186. The molecule has 29 heavy (non-hydrogen) atoms. The summed E-state index contributed by atoms with van der Waals surface area (Å²) >= 11 is 0. The Hall–Kier alpha value is -2.22. The lowest BCUT2D eigenvalue weighted by atomic mass is 9.91. The van der Waals surface area contributed by atoms with Crippen LogP contribution in [0.3, 0.4) is 0 Å². The van der Waals surface area contributed by atoms with Gasteiger partial charge < -0.3 is 10.2 Å². The fourth-order valence-corrected chi connectivity index (χ4v) is 5.13. The fourth-order valence-electron chi connectivity index (χ4n) is 5.13. The van der Waals surface area contributed by atoms with Gasteiger partial charge in [-0.05, 0) is 43.1 Å². The fraction of sp³-hybridized carbons (Fsp3) is 0.714. The van der Waals surface area contributed by atoms with Gasteiger partial charge >= 0.3 is 0 Å². The van der Waals surface area contributed by atoms with Gasteiger partial charge in [-0.2, -0.15) is 0 Å². The number of hydroxylamine groups is 2. The summed E-state index contributed by atoms with van der Waals surface area (Å²) in [4.78, 5) is 43.3. The molecular formula is C21H30N4O4. The van der Waals surface area contributed by atoms with Crippen LogP contribution in [-0.2, 0) is 14.4 Å². The van der Waals surface area contributed by atoms with Crippen molar-refractivity contribution in [3.63, 3.8) is 0 Å². The molecule has 8 heteroatoms. The molecule has 0 radical (unpaired) electrons. The summed E-state index contributed by atoms with van der Waals surface area (Å²) in [7, 11) is 0. The minimum atomic E-state index is -0.517. The second-order valence-electron chi connectivity index (χ2n) is 9.11. The molecule has 2 aliphatic carbocycles. The minimum Gasteiger partial charge on any atom is -0.330 e. The van der Waals surface area contributed by atoms with E-state index in [0.29, 0.717) is 49.2 Å². The predicted molar refractivity (Wildman–Crippen MR) is 106 cm³/mol. The number of amides is 3. The first kappa shape index (κ1) is 20.1. The average molecular weight is 402 g/mol. The monoisotopic (exact) mass is 402 g/mol. The highest BCUT2D eigenvalue weighted by atomic mass is 16.5. The standard InChI is InChI=1S/C21H30N4O4/c26-14-24(29)12-16(10-15-4-1-2-5-15)20(28)25-13-21(7-8-21)11-17(25)19(27)23-18-6-3-9-22-18/h3,6,14-17,29H,1-2,4-5,7-13H2,(H,22,23,27)/t16-,17+/m1/s1. The number of rotatable bonds is 7. The second kappa shape index (κ2) is 8.26. The van der Waals surface area contributed by atoms with Crippen molar-refractivity contribution in [2.24, 2.45) is 22.2 Å². The van der Waals surface area contributed by atoms with E-state index in [4.69, 9.17) is 0 Å². The van der Waals surface area contributed by atoms with E-state index in [2.05, 4.69) is 10.3 Å². The number of likely N-dealkylation sites (tertiary alicyclic amines) is 1. The third-order valence-electron chi connectivity index (χ3n) is 6.92. The van der Waals surface area contributed by atoms with E-state index in [0.717, 1.165) is 38.5 Å². The normalized spacial score (nSPS) is 25.9. The first-order valence-electron chi connectivity index (χ1n) is 10.7. The van der Waals surface area contributed by atoms with Crippen LogP contribution in [0, 0.1) is 17.3 Å². The van der Waals surface area contributed by atoms with Crippen LogP contribution in [0.4, 0.5) is 0 Å². The van der Waals surface area contributed by atoms with Crippen LogP contribution in [0.15, 0.2) is 17.1 Å². The zero-order valence-electron chi connectivity index (χ0n) is 16.8. The van der Waals surface area contributed by atoms with Crippen molar-refractivity contribution in [1.82, 2.24) is 15.3 Å². The molecule has 4 rings (SSSR count). The Labute approximate surface area is 171 Å². The van der Waals surface area contributed by atoms with Crippen LogP contribution < -0.4 is 5.32 Å². The van der Waals surface area contributed by atoms with Crippen molar-refractivity contribution in [3.8, 4) is 0 Å². The van der Waals surface area contributed by atoms with E-state index in [1.54, 1.807) is 11.0 Å². The number of carbonyl (C=O) groups excluding carboxylic acids is 3. The van der Waals surface area contributed by atoms with Gasteiger partial charge in [-0.15, -0.1) is 0 Å². The molecular weight excluding hydrogens is 372 g/mol. The quantitative estimate of drug-likeness (QED) is 0.383. The molecule has 8 nitrogen and oxygen atoms in total. The zero-order valence-corrected chi connectivity index (χ0v) is 16.8. The Morgan fingerprint density at radius 2 is 2.14 bits per heavy atom. The van der Waals surface area contributed by atoms with Crippen molar-refractivity contribution in [3.05, 3.63) is 12.2 Å². The van der Waals surface area contributed by atoms with E-state index in [1.807, 2.05) is 6.08 Å². The maximum atomic E-state index is 13.5. The lowest BCUT2D eigenvalue weighted by molar-refractivity contribution is -0.158.